The monoisotopic (exact) mass is 212 g/mol. The van der Waals surface area contributed by atoms with Crippen molar-refractivity contribution in [3.05, 3.63) is 29.3 Å². The SMILES string of the molecule is N#CC1(Cc2ccc3c(c2)CCCN3)CC1. The summed E-state index contributed by atoms with van der Waals surface area (Å²) in [6, 6.07) is 9.11. The molecule has 2 aliphatic rings. The van der Waals surface area contributed by atoms with E-state index in [0.29, 0.717) is 0 Å². The third-order valence-corrected chi connectivity index (χ3v) is 3.74. The molecule has 0 bridgehead atoms. The Balaban J connectivity index is 1.84. The summed E-state index contributed by atoms with van der Waals surface area (Å²) < 4.78 is 0. The molecule has 1 heterocycles. The smallest absolute Gasteiger partial charge is 0.0693 e. The van der Waals surface area contributed by atoms with Gasteiger partial charge in [0.2, 0.25) is 0 Å². The molecule has 82 valence electrons. The summed E-state index contributed by atoms with van der Waals surface area (Å²) in [5.41, 5.74) is 4.03. The maximum Gasteiger partial charge on any atom is 0.0693 e. The Hall–Kier alpha value is -1.49. The molecule has 2 nitrogen and oxygen atoms in total. The fourth-order valence-corrected chi connectivity index (χ4v) is 2.51. The van der Waals surface area contributed by atoms with Crippen molar-refractivity contribution >= 4 is 5.69 Å². The second kappa shape index (κ2) is 3.52. The zero-order valence-electron chi connectivity index (χ0n) is 9.42. The van der Waals surface area contributed by atoms with E-state index in [-0.39, 0.29) is 5.41 Å². The van der Waals surface area contributed by atoms with Gasteiger partial charge < -0.3 is 5.32 Å². The Labute approximate surface area is 96.3 Å². The maximum absolute atomic E-state index is 9.09. The predicted octanol–water partition coefficient (Wildman–Crippen LogP) is 2.89. The highest BCUT2D eigenvalue weighted by molar-refractivity contribution is 5.54. The summed E-state index contributed by atoms with van der Waals surface area (Å²) in [7, 11) is 0. The van der Waals surface area contributed by atoms with Crippen LogP contribution in [-0.2, 0) is 12.8 Å². The zero-order chi connectivity index (χ0) is 11.0. The normalized spacial score (nSPS) is 20.4. The van der Waals surface area contributed by atoms with E-state index >= 15 is 0 Å². The van der Waals surface area contributed by atoms with E-state index in [9.17, 15) is 0 Å². The fraction of sp³-hybridized carbons (Fsp3) is 0.500. The lowest BCUT2D eigenvalue weighted by molar-refractivity contribution is 0.663. The van der Waals surface area contributed by atoms with Gasteiger partial charge >= 0.3 is 0 Å². The summed E-state index contributed by atoms with van der Waals surface area (Å²) >= 11 is 0. The third kappa shape index (κ3) is 1.67. The first-order chi connectivity index (χ1) is 7.81. The molecule has 2 heteroatoms. The zero-order valence-corrected chi connectivity index (χ0v) is 9.42. The molecule has 3 rings (SSSR count). The van der Waals surface area contributed by atoms with Crippen LogP contribution >= 0.6 is 0 Å². The van der Waals surface area contributed by atoms with Gasteiger partial charge in [-0.1, -0.05) is 12.1 Å². The van der Waals surface area contributed by atoms with Crippen LogP contribution in [0.15, 0.2) is 18.2 Å². The molecule has 16 heavy (non-hydrogen) atoms. The van der Waals surface area contributed by atoms with E-state index in [1.807, 2.05) is 0 Å². The third-order valence-electron chi connectivity index (χ3n) is 3.74. The van der Waals surface area contributed by atoms with Crippen molar-refractivity contribution in [1.82, 2.24) is 0 Å². The first-order valence-corrected chi connectivity index (χ1v) is 6.08. The van der Waals surface area contributed by atoms with E-state index in [4.69, 9.17) is 5.26 Å². The second-order valence-corrected chi connectivity index (χ2v) is 5.09. The number of nitriles is 1. The fourth-order valence-electron chi connectivity index (χ4n) is 2.51. The van der Waals surface area contributed by atoms with E-state index in [1.165, 1.54) is 29.7 Å². The number of nitrogens with zero attached hydrogens (tertiary/aromatic N) is 1. The number of rotatable bonds is 2. The Morgan fingerprint density at radius 2 is 2.25 bits per heavy atom. The van der Waals surface area contributed by atoms with Crippen molar-refractivity contribution in [2.24, 2.45) is 5.41 Å². The Morgan fingerprint density at radius 1 is 1.38 bits per heavy atom. The minimum Gasteiger partial charge on any atom is -0.385 e. The molecule has 1 aliphatic carbocycles. The van der Waals surface area contributed by atoms with Crippen LogP contribution < -0.4 is 5.32 Å². The van der Waals surface area contributed by atoms with Gasteiger partial charge in [-0.25, -0.2) is 0 Å². The first kappa shape index (κ1) is 9.72. The van der Waals surface area contributed by atoms with Gasteiger partial charge in [0.25, 0.3) is 0 Å². The Morgan fingerprint density at radius 3 is 3.00 bits per heavy atom. The van der Waals surface area contributed by atoms with Crippen LogP contribution in [0, 0.1) is 16.7 Å². The number of nitrogens with one attached hydrogen (secondary N) is 1. The van der Waals surface area contributed by atoms with Gasteiger partial charge in [-0.3, -0.25) is 0 Å². The number of hydrogen-bond acceptors (Lipinski definition) is 2. The molecule has 0 amide bonds. The number of benzene rings is 1. The molecule has 0 aromatic heterocycles. The van der Waals surface area contributed by atoms with Gasteiger partial charge in [0.1, 0.15) is 0 Å². The minimum absolute atomic E-state index is 0.0175. The van der Waals surface area contributed by atoms with Crippen molar-refractivity contribution in [2.75, 3.05) is 11.9 Å². The highest BCUT2D eigenvalue weighted by Crippen LogP contribution is 2.47. The number of hydrogen-bond donors (Lipinski definition) is 1. The predicted molar refractivity (Wildman–Crippen MR) is 64.2 cm³/mol. The first-order valence-electron chi connectivity index (χ1n) is 6.08. The summed E-state index contributed by atoms with van der Waals surface area (Å²) in [4.78, 5) is 0. The molecular formula is C14H16N2. The molecule has 0 radical (unpaired) electrons. The summed E-state index contributed by atoms with van der Waals surface area (Å²) in [6.07, 6.45) is 5.50. The summed E-state index contributed by atoms with van der Waals surface area (Å²) in [5.74, 6) is 0. The largest absolute Gasteiger partial charge is 0.385 e. The molecular weight excluding hydrogens is 196 g/mol. The van der Waals surface area contributed by atoms with Crippen molar-refractivity contribution in [2.45, 2.75) is 32.1 Å². The summed E-state index contributed by atoms with van der Waals surface area (Å²) in [6.45, 7) is 1.09. The number of aryl methyl sites for hydroxylation is 1. The lowest BCUT2D eigenvalue weighted by atomic mass is 9.94. The molecule has 1 saturated carbocycles. The molecule has 1 aromatic carbocycles. The number of fused-ring (bicyclic) bond motifs is 1. The van der Waals surface area contributed by atoms with Crippen molar-refractivity contribution in [3.8, 4) is 6.07 Å². The van der Waals surface area contributed by atoms with Gasteiger partial charge in [0.05, 0.1) is 11.5 Å². The molecule has 1 fully saturated rings. The summed E-state index contributed by atoms with van der Waals surface area (Å²) in [5, 5.41) is 12.5. The van der Waals surface area contributed by atoms with Gasteiger partial charge in [0, 0.05) is 12.2 Å². The molecule has 0 spiro atoms. The minimum atomic E-state index is -0.0175. The van der Waals surface area contributed by atoms with Crippen LogP contribution in [0.1, 0.15) is 30.4 Å². The van der Waals surface area contributed by atoms with Gasteiger partial charge in [0.15, 0.2) is 0 Å². The van der Waals surface area contributed by atoms with Crippen LogP contribution in [-0.4, -0.2) is 6.54 Å². The lowest BCUT2D eigenvalue weighted by Gasteiger charge is -2.19. The molecule has 1 aliphatic heterocycles. The van der Waals surface area contributed by atoms with Gasteiger partial charge in [-0.2, -0.15) is 5.26 Å². The lowest BCUT2D eigenvalue weighted by Crippen LogP contribution is -2.12. The van der Waals surface area contributed by atoms with Gasteiger partial charge in [-0.05, 0) is 49.3 Å². The molecule has 0 atom stereocenters. The van der Waals surface area contributed by atoms with Gasteiger partial charge in [-0.15, -0.1) is 0 Å². The molecule has 0 unspecified atom stereocenters. The van der Waals surface area contributed by atoms with Crippen molar-refractivity contribution in [1.29, 1.82) is 5.26 Å². The van der Waals surface area contributed by atoms with Crippen LogP contribution in [0.5, 0.6) is 0 Å². The highest BCUT2D eigenvalue weighted by Gasteiger charge is 2.42. The Bertz CT molecular complexity index is 452. The standard InChI is InChI=1S/C14H16N2/c15-10-14(5-6-14)9-11-3-4-13-12(8-11)2-1-7-16-13/h3-4,8,16H,1-2,5-7,9H2. The van der Waals surface area contributed by atoms with Crippen LogP contribution in [0.25, 0.3) is 0 Å². The quantitative estimate of drug-likeness (QED) is 0.818. The highest BCUT2D eigenvalue weighted by atomic mass is 14.9. The van der Waals surface area contributed by atoms with Crippen LogP contribution in [0.4, 0.5) is 5.69 Å². The average Bonchev–Trinajstić information content (AvgIpc) is 3.09. The Kier molecular flexibility index (Phi) is 2.14. The number of anilines is 1. The van der Waals surface area contributed by atoms with E-state index in [0.717, 1.165) is 25.8 Å². The van der Waals surface area contributed by atoms with E-state index in [2.05, 4.69) is 29.6 Å². The molecule has 0 saturated heterocycles. The van der Waals surface area contributed by atoms with Crippen molar-refractivity contribution in [3.63, 3.8) is 0 Å². The topological polar surface area (TPSA) is 35.8 Å². The maximum atomic E-state index is 9.09. The molecule has 1 aromatic rings. The second-order valence-electron chi connectivity index (χ2n) is 5.09. The van der Waals surface area contributed by atoms with E-state index in [1.54, 1.807) is 0 Å². The van der Waals surface area contributed by atoms with Crippen LogP contribution in [0.2, 0.25) is 0 Å². The molecule has 1 N–H and O–H groups in total. The van der Waals surface area contributed by atoms with Crippen LogP contribution in [0.3, 0.4) is 0 Å². The van der Waals surface area contributed by atoms with Crippen molar-refractivity contribution < 1.29 is 0 Å². The van der Waals surface area contributed by atoms with E-state index < -0.39 is 0 Å². The average molecular weight is 212 g/mol.